The molecular weight excluding hydrogens is 210 g/mol. The number of aliphatic imine (C=N–C) groups is 1. The Morgan fingerprint density at radius 1 is 1.60 bits per heavy atom. The van der Waals surface area contributed by atoms with Gasteiger partial charge < -0.3 is 10.6 Å². The van der Waals surface area contributed by atoms with Gasteiger partial charge in [0.2, 0.25) is 5.91 Å². The highest BCUT2D eigenvalue weighted by molar-refractivity contribution is 8.14. The van der Waals surface area contributed by atoms with E-state index in [1.807, 2.05) is 11.8 Å². The van der Waals surface area contributed by atoms with Crippen LogP contribution in [-0.2, 0) is 4.79 Å². The highest BCUT2D eigenvalue weighted by Crippen LogP contribution is 2.41. The molecule has 0 aromatic heterocycles. The van der Waals surface area contributed by atoms with E-state index >= 15 is 0 Å². The molecule has 1 aliphatic carbocycles. The van der Waals surface area contributed by atoms with E-state index in [-0.39, 0.29) is 5.91 Å². The summed E-state index contributed by atoms with van der Waals surface area (Å²) in [5.74, 6) is 0.974. The Bertz CT molecular complexity index is 276. The second kappa shape index (κ2) is 4.88. The predicted molar refractivity (Wildman–Crippen MR) is 63.1 cm³/mol. The van der Waals surface area contributed by atoms with Crippen LogP contribution in [0.5, 0.6) is 0 Å². The summed E-state index contributed by atoms with van der Waals surface area (Å²) in [5, 5.41) is 7.54. The molecule has 1 amide bonds. The molecular formula is C10H17N3OS. The molecule has 0 radical (unpaired) electrons. The first-order chi connectivity index (χ1) is 7.29. The first-order valence-electron chi connectivity index (χ1n) is 5.45. The van der Waals surface area contributed by atoms with Gasteiger partial charge >= 0.3 is 0 Å². The number of hydrogen-bond donors (Lipinski definition) is 2. The minimum atomic E-state index is 0.0739. The van der Waals surface area contributed by atoms with E-state index in [1.54, 1.807) is 7.05 Å². The maximum Gasteiger partial charge on any atom is 0.221 e. The second-order valence-electron chi connectivity index (χ2n) is 3.99. The summed E-state index contributed by atoms with van der Waals surface area (Å²) in [6.45, 7) is 1.64. The van der Waals surface area contributed by atoms with Crippen molar-refractivity contribution in [1.29, 1.82) is 0 Å². The van der Waals surface area contributed by atoms with Crippen molar-refractivity contribution < 1.29 is 4.79 Å². The van der Waals surface area contributed by atoms with Crippen LogP contribution in [0, 0.1) is 5.92 Å². The van der Waals surface area contributed by atoms with Gasteiger partial charge in [0.25, 0.3) is 0 Å². The van der Waals surface area contributed by atoms with E-state index in [0.29, 0.717) is 18.2 Å². The molecule has 1 fully saturated rings. The van der Waals surface area contributed by atoms with Gasteiger partial charge in [-0.15, -0.1) is 0 Å². The first kappa shape index (κ1) is 10.8. The number of hydrogen-bond acceptors (Lipinski definition) is 4. The number of thioether (sulfide) groups is 1. The molecule has 2 rings (SSSR count). The standard InChI is InChI=1S/C10H17N3OS/c1-11-9(14)4-5-12-10-13-6-8(15-10)7-2-3-7/h7-8H,2-6H2,1H3,(H,11,14)(H,12,13). The number of amides is 1. The van der Waals surface area contributed by atoms with Gasteiger partial charge in [-0.3, -0.25) is 9.79 Å². The molecule has 1 saturated carbocycles. The summed E-state index contributed by atoms with van der Waals surface area (Å²) in [6, 6.07) is 0. The monoisotopic (exact) mass is 227 g/mol. The van der Waals surface area contributed by atoms with Crippen molar-refractivity contribution >= 4 is 22.8 Å². The van der Waals surface area contributed by atoms with E-state index in [0.717, 1.165) is 17.6 Å². The van der Waals surface area contributed by atoms with Gasteiger partial charge in [-0.1, -0.05) is 11.8 Å². The second-order valence-corrected chi connectivity index (χ2v) is 5.22. The maximum atomic E-state index is 11.0. The van der Waals surface area contributed by atoms with Crippen molar-refractivity contribution in [2.75, 3.05) is 20.1 Å². The molecule has 2 aliphatic rings. The van der Waals surface area contributed by atoms with Gasteiger partial charge in [-0.25, -0.2) is 0 Å². The molecule has 5 heteroatoms. The van der Waals surface area contributed by atoms with Gasteiger partial charge in [0.05, 0.1) is 6.54 Å². The Labute approximate surface area is 94.3 Å². The zero-order chi connectivity index (χ0) is 10.7. The molecule has 0 spiro atoms. The fraction of sp³-hybridized carbons (Fsp3) is 0.800. The van der Waals surface area contributed by atoms with Crippen LogP contribution in [0.3, 0.4) is 0 Å². The molecule has 1 atom stereocenters. The average molecular weight is 227 g/mol. The maximum absolute atomic E-state index is 11.0. The van der Waals surface area contributed by atoms with Gasteiger partial charge in [-0.2, -0.15) is 0 Å². The molecule has 0 aromatic carbocycles. The quantitative estimate of drug-likeness (QED) is 0.739. The van der Waals surface area contributed by atoms with Crippen LogP contribution in [0.15, 0.2) is 4.99 Å². The fourth-order valence-corrected chi connectivity index (χ4v) is 2.84. The van der Waals surface area contributed by atoms with Crippen LogP contribution in [0.1, 0.15) is 19.3 Å². The largest absolute Gasteiger partial charge is 0.364 e. The van der Waals surface area contributed by atoms with E-state index in [4.69, 9.17) is 0 Å². The SMILES string of the molecule is CNC(=O)CCNC1=NCC(C2CC2)S1. The van der Waals surface area contributed by atoms with Crippen molar-refractivity contribution in [3.63, 3.8) is 0 Å². The summed E-state index contributed by atoms with van der Waals surface area (Å²) in [5.41, 5.74) is 0. The lowest BCUT2D eigenvalue weighted by atomic mass is 10.3. The number of rotatable bonds is 4. The van der Waals surface area contributed by atoms with Crippen LogP contribution in [0.4, 0.5) is 0 Å². The number of carbonyl (C=O) groups is 1. The van der Waals surface area contributed by atoms with Crippen LogP contribution in [0.2, 0.25) is 0 Å². The number of amidine groups is 1. The van der Waals surface area contributed by atoms with Crippen LogP contribution in [0.25, 0.3) is 0 Å². The van der Waals surface area contributed by atoms with Crippen LogP contribution in [-0.4, -0.2) is 36.5 Å². The number of nitrogens with zero attached hydrogens (tertiary/aromatic N) is 1. The Balaban J connectivity index is 1.61. The highest BCUT2D eigenvalue weighted by Gasteiger charge is 2.35. The van der Waals surface area contributed by atoms with Crippen molar-refractivity contribution in [1.82, 2.24) is 10.6 Å². The molecule has 2 N–H and O–H groups in total. The lowest BCUT2D eigenvalue weighted by Crippen LogP contribution is -2.27. The van der Waals surface area contributed by atoms with Crippen molar-refractivity contribution in [3.05, 3.63) is 0 Å². The Morgan fingerprint density at radius 3 is 3.07 bits per heavy atom. The van der Waals surface area contributed by atoms with Gasteiger partial charge in [-0.05, 0) is 18.8 Å². The third kappa shape index (κ3) is 3.12. The summed E-state index contributed by atoms with van der Waals surface area (Å²) in [6.07, 6.45) is 3.27. The Hall–Kier alpha value is -0.710. The molecule has 4 nitrogen and oxygen atoms in total. The normalized spacial score (nSPS) is 24.9. The minimum absolute atomic E-state index is 0.0739. The summed E-state index contributed by atoms with van der Waals surface area (Å²) < 4.78 is 0. The van der Waals surface area contributed by atoms with Gasteiger partial charge in [0.15, 0.2) is 5.17 Å². The highest BCUT2D eigenvalue weighted by atomic mass is 32.2. The molecule has 1 unspecified atom stereocenters. The zero-order valence-electron chi connectivity index (χ0n) is 8.95. The van der Waals surface area contributed by atoms with E-state index in [2.05, 4.69) is 15.6 Å². The first-order valence-corrected chi connectivity index (χ1v) is 6.33. The van der Waals surface area contributed by atoms with Gasteiger partial charge in [0.1, 0.15) is 0 Å². The lowest BCUT2D eigenvalue weighted by Gasteiger charge is -2.07. The summed E-state index contributed by atoms with van der Waals surface area (Å²) in [7, 11) is 1.66. The molecule has 0 aromatic rings. The Morgan fingerprint density at radius 2 is 2.40 bits per heavy atom. The third-order valence-corrected chi connectivity index (χ3v) is 4.07. The predicted octanol–water partition coefficient (Wildman–Crippen LogP) is 0.593. The summed E-state index contributed by atoms with van der Waals surface area (Å²) in [4.78, 5) is 15.4. The molecule has 15 heavy (non-hydrogen) atoms. The number of carbonyl (C=O) groups excluding carboxylic acids is 1. The Kier molecular flexibility index (Phi) is 3.51. The molecule has 0 saturated heterocycles. The van der Waals surface area contributed by atoms with Crippen molar-refractivity contribution in [2.24, 2.45) is 10.9 Å². The summed E-state index contributed by atoms with van der Waals surface area (Å²) >= 11 is 1.85. The van der Waals surface area contributed by atoms with Crippen LogP contribution < -0.4 is 10.6 Å². The molecule has 0 bridgehead atoms. The van der Waals surface area contributed by atoms with E-state index in [9.17, 15) is 4.79 Å². The lowest BCUT2D eigenvalue weighted by molar-refractivity contribution is -0.120. The minimum Gasteiger partial charge on any atom is -0.364 e. The smallest absolute Gasteiger partial charge is 0.221 e. The molecule has 84 valence electrons. The average Bonchev–Trinajstić information content (AvgIpc) is 2.99. The van der Waals surface area contributed by atoms with E-state index in [1.165, 1.54) is 12.8 Å². The van der Waals surface area contributed by atoms with Gasteiger partial charge in [0, 0.05) is 25.3 Å². The fourth-order valence-electron chi connectivity index (χ4n) is 1.61. The third-order valence-electron chi connectivity index (χ3n) is 2.73. The van der Waals surface area contributed by atoms with Crippen molar-refractivity contribution in [2.45, 2.75) is 24.5 Å². The topological polar surface area (TPSA) is 53.5 Å². The van der Waals surface area contributed by atoms with E-state index < -0.39 is 0 Å². The molecule has 1 heterocycles. The molecule has 1 aliphatic heterocycles. The van der Waals surface area contributed by atoms with Crippen LogP contribution >= 0.6 is 11.8 Å². The number of nitrogens with one attached hydrogen (secondary N) is 2. The zero-order valence-corrected chi connectivity index (χ0v) is 9.77. The van der Waals surface area contributed by atoms with Crippen molar-refractivity contribution in [3.8, 4) is 0 Å².